The van der Waals surface area contributed by atoms with E-state index in [2.05, 4.69) is 0 Å². The molecule has 0 aliphatic heterocycles. The SMILES string of the molecule is Cc1ccc([C@@H](N)CC(F)(F)F)o1. The predicted octanol–water partition coefficient (Wildman–Crippen LogP) is 2.54. The number of nitrogens with two attached hydrogens (primary N) is 1. The molecule has 1 aromatic heterocycles. The molecule has 0 spiro atoms. The summed E-state index contributed by atoms with van der Waals surface area (Å²) in [7, 11) is 0. The highest BCUT2D eigenvalue weighted by Gasteiger charge is 2.31. The zero-order chi connectivity index (χ0) is 10.1. The molecule has 0 fully saturated rings. The van der Waals surface area contributed by atoms with Crippen molar-refractivity contribution < 1.29 is 17.6 Å². The molecule has 0 bridgehead atoms. The van der Waals surface area contributed by atoms with E-state index in [-0.39, 0.29) is 5.76 Å². The molecule has 1 rings (SSSR count). The van der Waals surface area contributed by atoms with Crippen LogP contribution >= 0.6 is 0 Å². The summed E-state index contributed by atoms with van der Waals surface area (Å²) in [6, 6.07) is 1.95. The minimum atomic E-state index is -4.25. The van der Waals surface area contributed by atoms with Gasteiger partial charge in [0.2, 0.25) is 0 Å². The number of rotatable bonds is 2. The van der Waals surface area contributed by atoms with Gasteiger partial charge in [0.15, 0.2) is 0 Å². The van der Waals surface area contributed by atoms with E-state index in [0.29, 0.717) is 5.76 Å². The molecule has 2 nitrogen and oxygen atoms in total. The fraction of sp³-hybridized carbons (Fsp3) is 0.500. The van der Waals surface area contributed by atoms with Crippen LogP contribution in [0.1, 0.15) is 24.0 Å². The van der Waals surface area contributed by atoms with Crippen molar-refractivity contribution in [3.05, 3.63) is 23.7 Å². The molecule has 2 N–H and O–H groups in total. The average Bonchev–Trinajstić information content (AvgIpc) is 2.31. The van der Waals surface area contributed by atoms with Gasteiger partial charge in [-0.3, -0.25) is 0 Å². The van der Waals surface area contributed by atoms with Gasteiger partial charge in [-0.05, 0) is 19.1 Å². The van der Waals surface area contributed by atoms with Gasteiger partial charge in [-0.1, -0.05) is 0 Å². The smallest absolute Gasteiger partial charge is 0.391 e. The summed E-state index contributed by atoms with van der Waals surface area (Å²) >= 11 is 0. The lowest BCUT2D eigenvalue weighted by Crippen LogP contribution is -2.19. The van der Waals surface area contributed by atoms with Crippen LogP contribution in [-0.4, -0.2) is 6.18 Å². The van der Waals surface area contributed by atoms with E-state index in [9.17, 15) is 13.2 Å². The molecule has 0 aromatic carbocycles. The Morgan fingerprint density at radius 3 is 2.46 bits per heavy atom. The lowest BCUT2D eigenvalue weighted by Gasteiger charge is -2.11. The van der Waals surface area contributed by atoms with Crippen LogP contribution in [0, 0.1) is 6.92 Å². The highest BCUT2D eigenvalue weighted by atomic mass is 19.4. The molecule has 1 aromatic rings. The second-order valence-corrected chi connectivity index (χ2v) is 2.87. The maximum Gasteiger partial charge on any atom is 0.391 e. The Hall–Kier alpha value is -0.970. The number of hydrogen-bond acceptors (Lipinski definition) is 2. The van der Waals surface area contributed by atoms with Crippen molar-refractivity contribution >= 4 is 0 Å². The maximum absolute atomic E-state index is 11.9. The Morgan fingerprint density at radius 2 is 2.08 bits per heavy atom. The van der Waals surface area contributed by atoms with Crippen molar-refractivity contribution in [2.75, 3.05) is 0 Å². The molecule has 13 heavy (non-hydrogen) atoms. The topological polar surface area (TPSA) is 39.2 Å². The van der Waals surface area contributed by atoms with Gasteiger partial charge in [0.25, 0.3) is 0 Å². The fourth-order valence-corrected chi connectivity index (χ4v) is 1.00. The molecule has 1 heterocycles. The molecular weight excluding hydrogens is 183 g/mol. The molecule has 0 saturated heterocycles. The van der Waals surface area contributed by atoms with Crippen molar-refractivity contribution in [1.82, 2.24) is 0 Å². The van der Waals surface area contributed by atoms with Gasteiger partial charge < -0.3 is 10.2 Å². The van der Waals surface area contributed by atoms with Crippen LogP contribution in [0.2, 0.25) is 0 Å². The van der Waals surface area contributed by atoms with E-state index in [1.54, 1.807) is 13.0 Å². The number of aryl methyl sites for hydroxylation is 1. The number of halogens is 3. The largest absolute Gasteiger partial charge is 0.465 e. The molecule has 0 radical (unpaired) electrons. The summed E-state index contributed by atoms with van der Waals surface area (Å²) in [6.45, 7) is 1.66. The second-order valence-electron chi connectivity index (χ2n) is 2.87. The normalized spacial score (nSPS) is 14.5. The first kappa shape index (κ1) is 10.1. The van der Waals surface area contributed by atoms with Gasteiger partial charge in [0.05, 0.1) is 12.5 Å². The molecule has 0 unspecified atom stereocenters. The summed E-state index contributed by atoms with van der Waals surface area (Å²) in [5, 5.41) is 0. The predicted molar refractivity (Wildman–Crippen MR) is 41.0 cm³/mol. The standard InChI is InChI=1S/C8H10F3NO/c1-5-2-3-7(13-5)6(12)4-8(9,10)11/h2-3,6H,4,12H2,1H3/t6-/m0/s1. The molecule has 0 aliphatic rings. The number of hydrogen-bond donors (Lipinski definition) is 1. The van der Waals surface area contributed by atoms with E-state index >= 15 is 0 Å². The minimum absolute atomic E-state index is 0.176. The monoisotopic (exact) mass is 193 g/mol. The molecule has 74 valence electrons. The summed E-state index contributed by atoms with van der Waals surface area (Å²) in [6.07, 6.45) is -5.31. The molecule has 5 heteroatoms. The average molecular weight is 193 g/mol. The van der Waals surface area contributed by atoms with Gasteiger partial charge in [-0.15, -0.1) is 0 Å². The Morgan fingerprint density at radius 1 is 1.46 bits per heavy atom. The van der Waals surface area contributed by atoms with Crippen molar-refractivity contribution in [3.63, 3.8) is 0 Å². The van der Waals surface area contributed by atoms with Crippen LogP contribution in [0.3, 0.4) is 0 Å². The summed E-state index contributed by atoms with van der Waals surface area (Å²) in [4.78, 5) is 0. The third-order valence-electron chi connectivity index (χ3n) is 1.58. The zero-order valence-corrected chi connectivity index (χ0v) is 7.06. The fourth-order valence-electron chi connectivity index (χ4n) is 1.00. The Bertz CT molecular complexity index is 279. The summed E-state index contributed by atoms with van der Waals surface area (Å²) in [5.74, 6) is 0.738. The van der Waals surface area contributed by atoms with Gasteiger partial charge in [-0.2, -0.15) is 13.2 Å². The van der Waals surface area contributed by atoms with E-state index in [1.165, 1.54) is 6.07 Å². The second kappa shape index (κ2) is 3.41. The lowest BCUT2D eigenvalue weighted by atomic mass is 10.2. The molecule has 0 amide bonds. The lowest BCUT2D eigenvalue weighted by molar-refractivity contribution is -0.139. The van der Waals surface area contributed by atoms with Crippen molar-refractivity contribution in [2.45, 2.75) is 25.6 Å². The van der Waals surface area contributed by atoms with Crippen molar-refractivity contribution in [1.29, 1.82) is 0 Å². The van der Waals surface area contributed by atoms with Crippen LogP contribution in [-0.2, 0) is 0 Å². The van der Waals surface area contributed by atoms with Crippen molar-refractivity contribution in [3.8, 4) is 0 Å². The highest BCUT2D eigenvalue weighted by Crippen LogP contribution is 2.28. The Labute approximate surface area is 73.5 Å². The summed E-state index contributed by atoms with van der Waals surface area (Å²) < 4.78 is 40.6. The molecule has 0 saturated carbocycles. The van der Waals surface area contributed by atoms with Gasteiger partial charge in [0, 0.05) is 0 Å². The van der Waals surface area contributed by atoms with Crippen LogP contribution in [0.15, 0.2) is 16.5 Å². The molecule has 0 aliphatic carbocycles. The minimum Gasteiger partial charge on any atom is -0.465 e. The Balaban J connectivity index is 2.64. The first-order valence-electron chi connectivity index (χ1n) is 3.77. The van der Waals surface area contributed by atoms with E-state index in [4.69, 9.17) is 10.2 Å². The first-order valence-corrected chi connectivity index (χ1v) is 3.77. The van der Waals surface area contributed by atoms with E-state index in [0.717, 1.165) is 0 Å². The van der Waals surface area contributed by atoms with Crippen molar-refractivity contribution in [2.24, 2.45) is 5.73 Å². The molecular formula is C8H10F3NO. The van der Waals surface area contributed by atoms with Gasteiger partial charge in [-0.25, -0.2) is 0 Å². The summed E-state index contributed by atoms with van der Waals surface area (Å²) in [5.41, 5.74) is 5.28. The van der Waals surface area contributed by atoms with Crippen LogP contribution in [0.5, 0.6) is 0 Å². The van der Waals surface area contributed by atoms with Gasteiger partial charge >= 0.3 is 6.18 Å². The van der Waals surface area contributed by atoms with Crippen LogP contribution in [0.25, 0.3) is 0 Å². The quantitative estimate of drug-likeness (QED) is 0.783. The van der Waals surface area contributed by atoms with E-state index < -0.39 is 18.6 Å². The van der Waals surface area contributed by atoms with Gasteiger partial charge in [0.1, 0.15) is 11.5 Å². The number of furan rings is 1. The first-order chi connectivity index (χ1) is 5.88. The zero-order valence-electron chi connectivity index (χ0n) is 7.06. The molecule has 1 atom stereocenters. The number of alkyl halides is 3. The van der Waals surface area contributed by atoms with Crippen LogP contribution < -0.4 is 5.73 Å². The Kier molecular flexibility index (Phi) is 2.66. The third-order valence-corrected chi connectivity index (χ3v) is 1.58. The highest BCUT2D eigenvalue weighted by molar-refractivity contribution is 5.09. The van der Waals surface area contributed by atoms with Crippen LogP contribution in [0.4, 0.5) is 13.2 Å². The maximum atomic E-state index is 11.9. The van der Waals surface area contributed by atoms with E-state index in [1.807, 2.05) is 0 Å². The third kappa shape index (κ3) is 3.10.